The molecule has 3 nitrogen and oxygen atoms in total. The molecule has 0 saturated heterocycles. The predicted molar refractivity (Wildman–Crippen MR) is 94.5 cm³/mol. The highest BCUT2D eigenvalue weighted by Gasteiger charge is 2.02. The lowest BCUT2D eigenvalue weighted by Crippen LogP contribution is -2.19. The molecule has 0 atom stereocenters. The molecule has 2 aromatic carbocycles. The van der Waals surface area contributed by atoms with E-state index in [1.165, 1.54) is 11.1 Å². The van der Waals surface area contributed by atoms with Crippen molar-refractivity contribution >= 4 is 35.5 Å². The van der Waals surface area contributed by atoms with Gasteiger partial charge in [0.25, 0.3) is 0 Å². The number of amides is 1. The van der Waals surface area contributed by atoms with Gasteiger partial charge in [-0.2, -0.15) is 5.10 Å². The summed E-state index contributed by atoms with van der Waals surface area (Å²) in [5.74, 6) is 1.06. The maximum absolute atomic E-state index is 11.7. The Morgan fingerprint density at radius 3 is 2.73 bits per heavy atom. The van der Waals surface area contributed by atoms with E-state index in [4.69, 9.17) is 11.6 Å². The number of rotatable bonds is 6. The summed E-state index contributed by atoms with van der Waals surface area (Å²) >= 11 is 7.56. The zero-order valence-electron chi connectivity index (χ0n) is 12.3. The van der Waals surface area contributed by atoms with E-state index >= 15 is 0 Å². The van der Waals surface area contributed by atoms with Crippen molar-refractivity contribution in [1.82, 2.24) is 5.43 Å². The van der Waals surface area contributed by atoms with Gasteiger partial charge in [0.2, 0.25) is 5.91 Å². The van der Waals surface area contributed by atoms with E-state index in [1.807, 2.05) is 30.3 Å². The summed E-state index contributed by atoms with van der Waals surface area (Å²) in [6, 6.07) is 15.5. The zero-order chi connectivity index (χ0) is 15.8. The van der Waals surface area contributed by atoms with Crippen molar-refractivity contribution in [3.05, 3.63) is 70.2 Å². The number of hydrazone groups is 1. The third-order valence-electron chi connectivity index (χ3n) is 3.05. The largest absolute Gasteiger partial charge is 0.272 e. The van der Waals surface area contributed by atoms with Gasteiger partial charge in [-0.05, 0) is 24.1 Å². The number of hydrogen-bond donors (Lipinski definition) is 1. The monoisotopic (exact) mass is 332 g/mol. The minimum absolute atomic E-state index is 0.123. The first-order valence-corrected chi connectivity index (χ1v) is 8.39. The molecule has 0 saturated carbocycles. The highest BCUT2D eigenvalue weighted by atomic mass is 35.5. The number of carbonyl (C=O) groups is 1. The number of carbonyl (C=O) groups excluding carboxylic acids is 1. The van der Waals surface area contributed by atoms with Gasteiger partial charge < -0.3 is 0 Å². The van der Waals surface area contributed by atoms with Crippen LogP contribution < -0.4 is 5.43 Å². The fraction of sp³-hybridized carbons (Fsp3) is 0.176. The van der Waals surface area contributed by atoms with E-state index < -0.39 is 0 Å². The van der Waals surface area contributed by atoms with Crippen LogP contribution in [0.25, 0.3) is 0 Å². The molecule has 0 fully saturated rings. The number of halogens is 1. The SMILES string of the molecule is Cc1ccccc1CSCC(=O)N/N=C/c1ccccc1Cl. The van der Waals surface area contributed by atoms with Gasteiger partial charge in [0, 0.05) is 16.3 Å². The second-order valence-electron chi connectivity index (χ2n) is 4.73. The molecule has 0 bridgehead atoms. The van der Waals surface area contributed by atoms with Crippen LogP contribution in [0.5, 0.6) is 0 Å². The summed E-state index contributed by atoms with van der Waals surface area (Å²) < 4.78 is 0. The Hall–Kier alpha value is -1.78. The molecule has 1 amide bonds. The quantitative estimate of drug-likeness (QED) is 0.641. The summed E-state index contributed by atoms with van der Waals surface area (Å²) in [6.07, 6.45) is 1.55. The summed E-state index contributed by atoms with van der Waals surface area (Å²) in [4.78, 5) is 11.7. The Bertz CT molecular complexity index is 673. The second kappa shape index (κ2) is 8.61. The first-order chi connectivity index (χ1) is 10.7. The Morgan fingerprint density at radius 1 is 1.23 bits per heavy atom. The molecule has 0 spiro atoms. The molecule has 114 valence electrons. The molecule has 0 unspecified atom stereocenters. The van der Waals surface area contributed by atoms with Crippen molar-refractivity contribution in [2.24, 2.45) is 5.10 Å². The van der Waals surface area contributed by atoms with Crippen LogP contribution in [0.3, 0.4) is 0 Å². The first-order valence-electron chi connectivity index (χ1n) is 6.85. The fourth-order valence-corrected chi connectivity index (χ4v) is 2.89. The molecule has 2 rings (SSSR count). The second-order valence-corrected chi connectivity index (χ2v) is 6.13. The molecular formula is C17H17ClN2OS. The van der Waals surface area contributed by atoms with Gasteiger partial charge in [-0.25, -0.2) is 5.43 Å². The minimum Gasteiger partial charge on any atom is -0.272 e. The van der Waals surface area contributed by atoms with E-state index in [0.717, 1.165) is 11.3 Å². The number of aryl methyl sites for hydroxylation is 1. The van der Waals surface area contributed by atoms with Crippen LogP contribution in [0.1, 0.15) is 16.7 Å². The maximum Gasteiger partial charge on any atom is 0.250 e. The van der Waals surface area contributed by atoms with Gasteiger partial charge in [0.15, 0.2) is 0 Å². The third kappa shape index (κ3) is 5.20. The lowest BCUT2D eigenvalue weighted by atomic mass is 10.1. The topological polar surface area (TPSA) is 41.5 Å². The molecular weight excluding hydrogens is 316 g/mol. The maximum atomic E-state index is 11.7. The van der Waals surface area contributed by atoms with Crippen molar-refractivity contribution in [3.63, 3.8) is 0 Å². The first kappa shape index (κ1) is 16.6. The van der Waals surface area contributed by atoms with Gasteiger partial charge in [0.1, 0.15) is 0 Å². The Morgan fingerprint density at radius 2 is 1.95 bits per heavy atom. The smallest absolute Gasteiger partial charge is 0.250 e. The van der Waals surface area contributed by atoms with Gasteiger partial charge in [-0.15, -0.1) is 11.8 Å². The normalized spacial score (nSPS) is 10.8. The van der Waals surface area contributed by atoms with Crippen LogP contribution in [0.4, 0.5) is 0 Å². The number of nitrogens with zero attached hydrogens (tertiary/aromatic N) is 1. The van der Waals surface area contributed by atoms with Crippen molar-refractivity contribution in [3.8, 4) is 0 Å². The predicted octanol–water partition coefficient (Wildman–Crippen LogP) is 4.03. The molecule has 1 N–H and O–H groups in total. The molecule has 0 aliphatic rings. The molecule has 2 aromatic rings. The summed E-state index contributed by atoms with van der Waals surface area (Å²) in [6.45, 7) is 2.07. The van der Waals surface area contributed by atoms with Crippen LogP contribution in [0, 0.1) is 6.92 Å². The Labute approximate surface area is 139 Å². The molecule has 0 radical (unpaired) electrons. The molecule has 0 aliphatic carbocycles. The highest BCUT2D eigenvalue weighted by Crippen LogP contribution is 2.15. The van der Waals surface area contributed by atoms with Crippen molar-refractivity contribution in [1.29, 1.82) is 0 Å². The zero-order valence-corrected chi connectivity index (χ0v) is 13.8. The van der Waals surface area contributed by atoms with E-state index in [9.17, 15) is 4.79 Å². The Balaban J connectivity index is 1.75. The van der Waals surface area contributed by atoms with Crippen molar-refractivity contribution < 1.29 is 4.79 Å². The lowest BCUT2D eigenvalue weighted by molar-refractivity contribution is -0.118. The lowest BCUT2D eigenvalue weighted by Gasteiger charge is -2.04. The summed E-state index contributed by atoms with van der Waals surface area (Å²) in [7, 11) is 0. The number of benzene rings is 2. The molecule has 22 heavy (non-hydrogen) atoms. The number of thioether (sulfide) groups is 1. The third-order valence-corrected chi connectivity index (χ3v) is 4.38. The van der Waals surface area contributed by atoms with Gasteiger partial charge in [-0.1, -0.05) is 54.1 Å². The molecule has 5 heteroatoms. The Kier molecular flexibility index (Phi) is 6.49. The van der Waals surface area contributed by atoms with Crippen molar-refractivity contribution in [2.45, 2.75) is 12.7 Å². The van der Waals surface area contributed by atoms with E-state index in [0.29, 0.717) is 10.8 Å². The average molecular weight is 333 g/mol. The van der Waals surface area contributed by atoms with Crippen LogP contribution in [0.2, 0.25) is 5.02 Å². The van der Waals surface area contributed by atoms with E-state index in [1.54, 1.807) is 24.0 Å². The molecule has 0 aromatic heterocycles. The van der Waals surface area contributed by atoms with E-state index in [2.05, 4.69) is 29.6 Å². The minimum atomic E-state index is -0.123. The van der Waals surface area contributed by atoms with Crippen LogP contribution in [0.15, 0.2) is 53.6 Å². The van der Waals surface area contributed by atoms with E-state index in [-0.39, 0.29) is 5.91 Å². The van der Waals surface area contributed by atoms with Crippen LogP contribution in [-0.4, -0.2) is 17.9 Å². The van der Waals surface area contributed by atoms with Gasteiger partial charge in [0.05, 0.1) is 12.0 Å². The van der Waals surface area contributed by atoms with Crippen LogP contribution in [-0.2, 0) is 10.5 Å². The van der Waals surface area contributed by atoms with Gasteiger partial charge in [-0.3, -0.25) is 4.79 Å². The van der Waals surface area contributed by atoms with Crippen LogP contribution >= 0.6 is 23.4 Å². The van der Waals surface area contributed by atoms with Crippen molar-refractivity contribution in [2.75, 3.05) is 5.75 Å². The fourth-order valence-electron chi connectivity index (χ4n) is 1.81. The standard InChI is InChI=1S/C17H17ClN2OS/c1-13-6-2-3-8-15(13)11-22-12-17(21)20-19-10-14-7-4-5-9-16(14)18/h2-10H,11-12H2,1H3,(H,20,21)/b19-10+. The highest BCUT2D eigenvalue weighted by molar-refractivity contribution is 7.99. The average Bonchev–Trinajstić information content (AvgIpc) is 2.51. The summed E-state index contributed by atoms with van der Waals surface area (Å²) in [5, 5.41) is 4.53. The molecule has 0 heterocycles. The summed E-state index contributed by atoms with van der Waals surface area (Å²) in [5.41, 5.74) is 5.78. The molecule has 0 aliphatic heterocycles. The number of nitrogens with one attached hydrogen (secondary N) is 1. The van der Waals surface area contributed by atoms with Gasteiger partial charge >= 0.3 is 0 Å². The number of hydrogen-bond acceptors (Lipinski definition) is 3.